The summed E-state index contributed by atoms with van der Waals surface area (Å²) in [6.45, 7) is 0. The van der Waals surface area contributed by atoms with E-state index < -0.39 is 23.0 Å². The first-order valence-electron chi connectivity index (χ1n) is 10.2. The molecule has 1 N–H and O–H groups in total. The molecule has 0 heterocycles. The van der Waals surface area contributed by atoms with Crippen molar-refractivity contribution >= 4 is 39.9 Å². The van der Waals surface area contributed by atoms with Gasteiger partial charge in [0.1, 0.15) is 12.1 Å². The molecule has 0 saturated heterocycles. The summed E-state index contributed by atoms with van der Waals surface area (Å²) >= 11 is 0. The van der Waals surface area contributed by atoms with E-state index in [1.807, 2.05) is 12.1 Å². The molecule has 0 unspecified atom stereocenters. The van der Waals surface area contributed by atoms with Gasteiger partial charge in [-0.05, 0) is 38.7 Å². The second-order valence-corrected chi connectivity index (χ2v) is 7.33. The molecule has 0 atom stereocenters. The van der Waals surface area contributed by atoms with Crippen LogP contribution in [0.2, 0.25) is 0 Å². The largest absolute Gasteiger partial charge is 2.00 e. The van der Waals surface area contributed by atoms with Crippen LogP contribution in [0, 0.1) is 22.7 Å². The van der Waals surface area contributed by atoms with Crippen molar-refractivity contribution < 1.29 is 36.6 Å². The molecule has 0 aliphatic rings. The van der Waals surface area contributed by atoms with E-state index in [-0.39, 0.29) is 39.1 Å². The molecule has 0 spiro atoms. The molecule has 9 heteroatoms. The van der Waals surface area contributed by atoms with E-state index in [1.54, 1.807) is 54.6 Å². The monoisotopic (exact) mass is 516 g/mol. The number of hydrogen-bond acceptors (Lipinski definition) is 7. The van der Waals surface area contributed by atoms with Gasteiger partial charge >= 0.3 is 22.5 Å². The fourth-order valence-corrected chi connectivity index (χ4v) is 3.60. The van der Waals surface area contributed by atoms with E-state index in [0.717, 1.165) is 11.6 Å². The third kappa shape index (κ3) is 4.93. The molecule has 0 aromatic heterocycles. The number of nitriles is 2. The van der Waals surface area contributed by atoms with Crippen molar-refractivity contribution in [3.8, 4) is 23.6 Å². The van der Waals surface area contributed by atoms with Gasteiger partial charge in [0.15, 0.2) is 11.4 Å². The molecule has 0 saturated carbocycles. The second-order valence-electron chi connectivity index (χ2n) is 7.33. The number of rotatable bonds is 5. The number of aliphatic imine (C=N–C) groups is 2. The molecule has 0 bridgehead atoms. The summed E-state index contributed by atoms with van der Waals surface area (Å²) in [5, 5.41) is 56.0. The normalized spacial score (nSPS) is 11.7. The van der Waals surface area contributed by atoms with E-state index in [9.17, 15) is 30.6 Å². The molecule has 4 rings (SSSR count). The molecule has 36 heavy (non-hydrogen) atoms. The summed E-state index contributed by atoms with van der Waals surface area (Å²) < 4.78 is 0. The third-order valence-electron chi connectivity index (χ3n) is 5.28. The maximum atomic E-state index is 12.7. The second kappa shape index (κ2) is 11.0. The number of carboxylic acids is 1. The maximum absolute atomic E-state index is 12.7. The van der Waals surface area contributed by atoms with Crippen LogP contribution in [0.3, 0.4) is 0 Å². The average Bonchev–Trinajstić information content (AvgIpc) is 2.87. The SMILES string of the molecule is N#C/C(N=Cc1c([O-])ccc2ccccc12)=C(\C#N)N=Cc1c([O-])c(C(=O)O)cc2ccccc12.[Ni+2]. The van der Waals surface area contributed by atoms with Crippen LogP contribution in [0.5, 0.6) is 11.5 Å². The Balaban J connectivity index is 0.00000361. The van der Waals surface area contributed by atoms with Crippen LogP contribution in [-0.4, -0.2) is 23.5 Å². The van der Waals surface area contributed by atoms with Crippen molar-refractivity contribution in [2.24, 2.45) is 9.98 Å². The first-order valence-corrected chi connectivity index (χ1v) is 10.2. The average molecular weight is 517 g/mol. The van der Waals surface area contributed by atoms with Crippen LogP contribution < -0.4 is 10.2 Å². The van der Waals surface area contributed by atoms with E-state index in [4.69, 9.17) is 0 Å². The van der Waals surface area contributed by atoms with Crippen LogP contribution in [0.25, 0.3) is 21.5 Å². The van der Waals surface area contributed by atoms with Crippen molar-refractivity contribution in [3.63, 3.8) is 0 Å². The Kier molecular flexibility index (Phi) is 7.81. The zero-order valence-electron chi connectivity index (χ0n) is 18.3. The van der Waals surface area contributed by atoms with E-state index in [1.165, 1.54) is 18.3 Å². The standard InChI is InChI=1S/C27H16N4O4.Ni/c28-12-23(30-14-21-18-7-3-1-5-16(18)9-10-25(21)32)24(13-29)31-15-22-19-8-4-2-6-17(19)11-20(26(22)33)27(34)35;/h1-11,14-15,32-33H,(H,34,35);/q;+2/p-2/b24-23-,30-14?,31-15?;. The summed E-state index contributed by atoms with van der Waals surface area (Å²) in [7, 11) is 0. The van der Waals surface area contributed by atoms with Crippen molar-refractivity contribution in [2.75, 3.05) is 0 Å². The Morgan fingerprint density at radius 3 is 1.92 bits per heavy atom. The predicted octanol–water partition coefficient (Wildman–Crippen LogP) is 3.63. The van der Waals surface area contributed by atoms with Gasteiger partial charge in [-0.2, -0.15) is 10.5 Å². The molecular formula is C27H14N4NiO4. The minimum atomic E-state index is -1.39. The molecule has 0 fully saturated rings. The van der Waals surface area contributed by atoms with Gasteiger partial charge in [-0.3, -0.25) is 0 Å². The zero-order chi connectivity index (χ0) is 24.9. The quantitative estimate of drug-likeness (QED) is 0.242. The topological polar surface area (TPSA) is 156 Å². The van der Waals surface area contributed by atoms with Gasteiger partial charge in [0.25, 0.3) is 0 Å². The molecule has 0 radical (unpaired) electrons. The fraction of sp³-hybridized carbons (Fsp3) is 0. The van der Waals surface area contributed by atoms with Crippen molar-refractivity contribution in [3.05, 3.63) is 94.8 Å². The molecular weight excluding hydrogens is 503 g/mol. The number of aromatic carboxylic acids is 1. The van der Waals surface area contributed by atoms with Gasteiger partial charge in [0.05, 0.1) is 5.56 Å². The van der Waals surface area contributed by atoms with E-state index >= 15 is 0 Å². The Morgan fingerprint density at radius 1 is 0.806 bits per heavy atom. The molecule has 4 aromatic carbocycles. The number of nitrogens with zero attached hydrogens (tertiary/aromatic N) is 4. The third-order valence-corrected chi connectivity index (χ3v) is 5.28. The van der Waals surface area contributed by atoms with Gasteiger partial charge in [-0.25, -0.2) is 14.8 Å². The number of allylic oxidation sites excluding steroid dienone is 2. The molecule has 0 aliphatic carbocycles. The molecule has 8 nitrogen and oxygen atoms in total. The molecule has 4 aromatic rings. The number of carbonyl (C=O) groups is 1. The summed E-state index contributed by atoms with van der Waals surface area (Å²) in [6.07, 6.45) is 2.26. The smallest absolute Gasteiger partial charge is 0.872 e. The van der Waals surface area contributed by atoms with Crippen molar-refractivity contribution in [1.82, 2.24) is 0 Å². The maximum Gasteiger partial charge on any atom is 2.00 e. The molecule has 0 aliphatic heterocycles. The Hall–Kier alpha value is -4.98. The minimum absolute atomic E-state index is 0. The Labute approximate surface area is 215 Å². The zero-order valence-corrected chi connectivity index (χ0v) is 19.3. The predicted molar refractivity (Wildman–Crippen MR) is 127 cm³/mol. The van der Waals surface area contributed by atoms with Crippen LogP contribution in [-0.2, 0) is 16.5 Å². The fourth-order valence-electron chi connectivity index (χ4n) is 3.60. The van der Waals surface area contributed by atoms with Crippen molar-refractivity contribution in [2.45, 2.75) is 0 Å². The minimum Gasteiger partial charge on any atom is -0.872 e. The number of benzene rings is 4. The summed E-state index contributed by atoms with van der Waals surface area (Å²) in [6, 6.07) is 21.7. The van der Waals surface area contributed by atoms with E-state index in [0.29, 0.717) is 16.2 Å². The summed E-state index contributed by atoms with van der Waals surface area (Å²) in [5.74, 6) is -2.47. The van der Waals surface area contributed by atoms with Gasteiger partial charge in [-0.1, -0.05) is 72.2 Å². The van der Waals surface area contributed by atoms with Gasteiger partial charge in [0.2, 0.25) is 0 Å². The van der Waals surface area contributed by atoms with Gasteiger partial charge < -0.3 is 15.3 Å². The first kappa shape index (κ1) is 25.6. The van der Waals surface area contributed by atoms with Gasteiger partial charge in [-0.15, -0.1) is 0 Å². The van der Waals surface area contributed by atoms with Gasteiger partial charge in [0, 0.05) is 12.4 Å². The van der Waals surface area contributed by atoms with Crippen LogP contribution >= 0.6 is 0 Å². The number of fused-ring (bicyclic) bond motifs is 2. The van der Waals surface area contributed by atoms with Crippen molar-refractivity contribution in [1.29, 1.82) is 10.5 Å². The van der Waals surface area contributed by atoms with E-state index in [2.05, 4.69) is 9.98 Å². The summed E-state index contributed by atoms with van der Waals surface area (Å²) in [5.41, 5.74) is -1.00. The van der Waals surface area contributed by atoms with Crippen LogP contribution in [0.4, 0.5) is 0 Å². The van der Waals surface area contributed by atoms with Crippen LogP contribution in [0.15, 0.2) is 88.1 Å². The first-order chi connectivity index (χ1) is 16.9. The molecule has 0 amide bonds. The summed E-state index contributed by atoms with van der Waals surface area (Å²) in [4.78, 5) is 19.5. The molecule has 176 valence electrons. The Bertz CT molecular complexity index is 1680. The Morgan fingerprint density at radius 2 is 1.33 bits per heavy atom. The number of hydrogen-bond donors (Lipinski definition) is 1. The van der Waals surface area contributed by atoms with Crippen LogP contribution in [0.1, 0.15) is 21.5 Å². The number of carboxylic acid groups (broad SMARTS) is 1.